The number of hydrogen-bond acceptors (Lipinski definition) is 4. The first-order valence-electron chi connectivity index (χ1n) is 8.33. The van der Waals surface area contributed by atoms with Crippen molar-refractivity contribution in [3.63, 3.8) is 0 Å². The number of hydrogen-bond donors (Lipinski definition) is 0. The van der Waals surface area contributed by atoms with Crippen LogP contribution in [0.5, 0.6) is 0 Å². The second-order valence-electron chi connectivity index (χ2n) is 6.80. The fourth-order valence-corrected chi connectivity index (χ4v) is 4.27. The Morgan fingerprint density at radius 1 is 1.35 bits per heavy atom. The van der Waals surface area contributed by atoms with Gasteiger partial charge in [0.25, 0.3) is 0 Å². The van der Waals surface area contributed by atoms with E-state index in [1.54, 1.807) is 12.1 Å². The normalized spacial score (nSPS) is 28.0. The molecule has 3 atom stereocenters. The molecule has 126 valence electrons. The Kier molecular flexibility index (Phi) is 4.97. The monoisotopic (exact) mass is 320 g/mol. The molecule has 0 N–H and O–H groups in total. The van der Waals surface area contributed by atoms with Gasteiger partial charge < -0.3 is 9.64 Å². The first kappa shape index (κ1) is 16.4. The van der Waals surface area contributed by atoms with E-state index in [0.29, 0.717) is 24.3 Å². The summed E-state index contributed by atoms with van der Waals surface area (Å²) in [6, 6.07) is 7.30. The summed E-state index contributed by atoms with van der Waals surface area (Å²) in [6.07, 6.45) is 1.32. The lowest BCUT2D eigenvalue weighted by Gasteiger charge is -2.26. The summed E-state index contributed by atoms with van der Waals surface area (Å²) in [7, 11) is 3.57. The van der Waals surface area contributed by atoms with E-state index >= 15 is 0 Å². The summed E-state index contributed by atoms with van der Waals surface area (Å²) >= 11 is 0. The topological polar surface area (TPSA) is 32.8 Å². The van der Waals surface area contributed by atoms with E-state index < -0.39 is 0 Å². The average Bonchev–Trinajstić information content (AvgIpc) is 3.02. The number of esters is 1. The molecule has 0 amide bonds. The SMILES string of the molecule is COC(=O)CCCN1C[C@@H]2CN(C)[C@@H](c3cccc(F)c3)[C@@H]2C1. The van der Waals surface area contributed by atoms with Gasteiger partial charge in [-0.05, 0) is 49.5 Å². The minimum atomic E-state index is -0.160. The van der Waals surface area contributed by atoms with Crippen molar-refractivity contribution in [1.82, 2.24) is 9.80 Å². The molecule has 0 aliphatic carbocycles. The van der Waals surface area contributed by atoms with E-state index in [0.717, 1.165) is 38.2 Å². The number of ether oxygens (including phenoxy) is 1. The molecule has 0 bridgehead atoms. The van der Waals surface area contributed by atoms with Crippen molar-refractivity contribution < 1.29 is 13.9 Å². The van der Waals surface area contributed by atoms with Gasteiger partial charge in [0, 0.05) is 32.1 Å². The Balaban J connectivity index is 1.61. The van der Waals surface area contributed by atoms with Crippen molar-refractivity contribution in [1.29, 1.82) is 0 Å². The van der Waals surface area contributed by atoms with Gasteiger partial charge in [-0.1, -0.05) is 12.1 Å². The number of fused-ring (bicyclic) bond motifs is 1. The molecule has 2 aliphatic rings. The van der Waals surface area contributed by atoms with E-state index in [4.69, 9.17) is 4.74 Å². The predicted octanol–water partition coefficient (Wildman–Crippen LogP) is 2.31. The van der Waals surface area contributed by atoms with Gasteiger partial charge in [0.1, 0.15) is 5.82 Å². The van der Waals surface area contributed by atoms with E-state index in [9.17, 15) is 9.18 Å². The zero-order valence-corrected chi connectivity index (χ0v) is 13.9. The van der Waals surface area contributed by atoms with Gasteiger partial charge in [-0.2, -0.15) is 0 Å². The van der Waals surface area contributed by atoms with Gasteiger partial charge in [-0.25, -0.2) is 4.39 Å². The van der Waals surface area contributed by atoms with Crippen molar-refractivity contribution in [2.75, 3.05) is 40.3 Å². The highest BCUT2D eigenvalue weighted by atomic mass is 19.1. The number of halogens is 1. The van der Waals surface area contributed by atoms with Crippen LogP contribution in [0.4, 0.5) is 4.39 Å². The number of benzene rings is 1. The number of carbonyl (C=O) groups is 1. The highest BCUT2D eigenvalue weighted by Crippen LogP contribution is 2.44. The number of methoxy groups -OCH3 is 1. The molecule has 2 saturated heterocycles. The van der Waals surface area contributed by atoms with Crippen LogP contribution >= 0.6 is 0 Å². The zero-order chi connectivity index (χ0) is 16.4. The van der Waals surface area contributed by atoms with Gasteiger partial charge in [0.2, 0.25) is 0 Å². The molecule has 5 heteroatoms. The zero-order valence-electron chi connectivity index (χ0n) is 13.9. The molecule has 1 aromatic rings. The van der Waals surface area contributed by atoms with Crippen LogP contribution in [-0.2, 0) is 9.53 Å². The van der Waals surface area contributed by atoms with E-state index in [1.807, 2.05) is 6.07 Å². The van der Waals surface area contributed by atoms with Crippen molar-refractivity contribution >= 4 is 5.97 Å². The summed E-state index contributed by atoms with van der Waals surface area (Å²) in [6.45, 7) is 4.08. The predicted molar refractivity (Wildman–Crippen MR) is 86.4 cm³/mol. The lowest BCUT2D eigenvalue weighted by Crippen LogP contribution is -2.30. The third-order valence-electron chi connectivity index (χ3n) is 5.24. The minimum Gasteiger partial charge on any atom is -0.469 e. The molecule has 0 saturated carbocycles. The fraction of sp³-hybridized carbons (Fsp3) is 0.611. The molecule has 0 aromatic heterocycles. The van der Waals surface area contributed by atoms with Crippen molar-refractivity contribution in [3.8, 4) is 0 Å². The maximum absolute atomic E-state index is 13.6. The maximum Gasteiger partial charge on any atom is 0.305 e. The van der Waals surface area contributed by atoms with Gasteiger partial charge in [-0.15, -0.1) is 0 Å². The largest absolute Gasteiger partial charge is 0.469 e. The molecule has 1 aromatic carbocycles. The quantitative estimate of drug-likeness (QED) is 0.780. The van der Waals surface area contributed by atoms with E-state index in [1.165, 1.54) is 13.2 Å². The minimum absolute atomic E-state index is 0.137. The average molecular weight is 320 g/mol. The molecule has 0 spiro atoms. The third-order valence-corrected chi connectivity index (χ3v) is 5.24. The van der Waals surface area contributed by atoms with E-state index in [-0.39, 0.29) is 11.8 Å². The summed E-state index contributed by atoms with van der Waals surface area (Å²) in [5.41, 5.74) is 1.08. The lowest BCUT2D eigenvalue weighted by molar-refractivity contribution is -0.140. The Morgan fingerprint density at radius 2 is 2.17 bits per heavy atom. The molecule has 0 unspecified atom stereocenters. The Morgan fingerprint density at radius 3 is 2.91 bits per heavy atom. The molecule has 0 radical (unpaired) electrons. The molecular formula is C18H25FN2O2. The Labute approximate surface area is 137 Å². The first-order valence-corrected chi connectivity index (χ1v) is 8.33. The Bertz CT molecular complexity index is 566. The van der Waals surface area contributed by atoms with Crippen LogP contribution in [0.3, 0.4) is 0 Å². The number of carbonyl (C=O) groups excluding carboxylic acids is 1. The number of rotatable bonds is 5. The van der Waals surface area contributed by atoms with Crippen LogP contribution in [0.2, 0.25) is 0 Å². The highest BCUT2D eigenvalue weighted by molar-refractivity contribution is 5.69. The summed E-state index contributed by atoms with van der Waals surface area (Å²) in [5, 5.41) is 0. The molecular weight excluding hydrogens is 295 g/mol. The molecule has 2 aliphatic heterocycles. The van der Waals surface area contributed by atoms with Crippen LogP contribution in [-0.4, -0.2) is 56.1 Å². The van der Waals surface area contributed by atoms with Crippen LogP contribution in [0, 0.1) is 17.7 Å². The standard InChI is InChI=1S/C18H25FN2O2/c1-20-10-14-11-21(8-4-7-17(22)23-2)12-16(14)18(20)13-5-3-6-15(19)9-13/h3,5-6,9,14,16,18H,4,7-8,10-12H2,1-2H3/t14-,16+,18-/m0/s1. The van der Waals surface area contributed by atoms with Gasteiger partial charge in [0.05, 0.1) is 7.11 Å². The van der Waals surface area contributed by atoms with Crippen molar-refractivity contribution in [2.45, 2.75) is 18.9 Å². The van der Waals surface area contributed by atoms with Crippen LogP contribution in [0.25, 0.3) is 0 Å². The smallest absolute Gasteiger partial charge is 0.305 e. The third kappa shape index (κ3) is 3.56. The first-order chi connectivity index (χ1) is 11.1. The fourth-order valence-electron chi connectivity index (χ4n) is 4.27. The van der Waals surface area contributed by atoms with Crippen LogP contribution in [0.15, 0.2) is 24.3 Å². The Hall–Kier alpha value is -1.46. The summed E-state index contributed by atoms with van der Waals surface area (Å²) in [5.74, 6) is 0.875. The summed E-state index contributed by atoms with van der Waals surface area (Å²) in [4.78, 5) is 16.0. The van der Waals surface area contributed by atoms with Crippen molar-refractivity contribution in [2.24, 2.45) is 11.8 Å². The highest BCUT2D eigenvalue weighted by Gasteiger charge is 2.45. The van der Waals surface area contributed by atoms with Crippen LogP contribution < -0.4 is 0 Å². The molecule has 4 nitrogen and oxygen atoms in total. The molecule has 3 rings (SSSR count). The lowest BCUT2D eigenvalue weighted by atomic mass is 9.89. The van der Waals surface area contributed by atoms with Gasteiger partial charge in [-0.3, -0.25) is 9.69 Å². The maximum atomic E-state index is 13.6. The van der Waals surface area contributed by atoms with Crippen molar-refractivity contribution in [3.05, 3.63) is 35.6 Å². The van der Waals surface area contributed by atoms with Crippen LogP contribution in [0.1, 0.15) is 24.4 Å². The molecule has 2 heterocycles. The summed E-state index contributed by atoms with van der Waals surface area (Å²) < 4.78 is 18.3. The number of likely N-dealkylation sites (tertiary alicyclic amines) is 2. The molecule has 2 fully saturated rings. The second kappa shape index (κ2) is 6.97. The molecule has 23 heavy (non-hydrogen) atoms. The van der Waals surface area contributed by atoms with E-state index in [2.05, 4.69) is 16.8 Å². The number of nitrogens with zero attached hydrogens (tertiary/aromatic N) is 2. The van der Waals surface area contributed by atoms with Gasteiger partial charge >= 0.3 is 5.97 Å². The second-order valence-corrected chi connectivity index (χ2v) is 6.80. The van der Waals surface area contributed by atoms with Gasteiger partial charge in [0.15, 0.2) is 0 Å².